The molecule has 2 aromatic heterocycles. The minimum Gasteiger partial charge on any atom is -0.497 e. The van der Waals surface area contributed by atoms with E-state index in [0.717, 1.165) is 49.4 Å². The van der Waals surface area contributed by atoms with E-state index >= 15 is 0 Å². The normalized spacial score (nSPS) is 15.3. The molecule has 0 bridgehead atoms. The molecule has 1 aliphatic heterocycles. The third-order valence-electron chi connectivity index (χ3n) is 7.97. The molecule has 0 aliphatic carbocycles. The van der Waals surface area contributed by atoms with Gasteiger partial charge in [-0.25, -0.2) is 4.68 Å². The Morgan fingerprint density at radius 1 is 0.950 bits per heavy atom. The van der Waals surface area contributed by atoms with Gasteiger partial charge in [0.15, 0.2) is 17.3 Å². The molecule has 0 amide bonds. The molecular formula is C29H37N7O4. The molecule has 2 aromatic carbocycles. The number of pyridine rings is 1. The van der Waals surface area contributed by atoms with Crippen LogP contribution in [0.2, 0.25) is 0 Å². The number of fused-ring (bicyclic) bond motifs is 1. The number of hydrogen-bond donors (Lipinski definition) is 1. The van der Waals surface area contributed by atoms with Gasteiger partial charge in [0.25, 0.3) is 5.56 Å². The van der Waals surface area contributed by atoms with Gasteiger partial charge in [-0.2, -0.15) is 0 Å². The molecule has 4 aromatic rings. The van der Waals surface area contributed by atoms with E-state index in [-0.39, 0.29) is 11.1 Å². The van der Waals surface area contributed by atoms with E-state index in [1.165, 1.54) is 0 Å². The molecule has 5 rings (SSSR count). The van der Waals surface area contributed by atoms with E-state index in [9.17, 15) is 4.79 Å². The van der Waals surface area contributed by atoms with Crippen molar-refractivity contribution >= 4 is 16.6 Å². The molecule has 3 heterocycles. The number of nitrogens with one attached hydrogen (secondary N) is 1. The lowest BCUT2D eigenvalue weighted by Gasteiger charge is -2.40. The maximum Gasteiger partial charge on any atom is 0.253 e. The zero-order valence-corrected chi connectivity index (χ0v) is 24.0. The van der Waals surface area contributed by atoms with Crippen molar-refractivity contribution in [1.82, 2.24) is 30.1 Å². The number of tetrazole rings is 1. The highest BCUT2D eigenvalue weighted by molar-refractivity contribution is 5.83. The van der Waals surface area contributed by atoms with E-state index in [4.69, 9.17) is 14.2 Å². The van der Waals surface area contributed by atoms with Crippen LogP contribution in [0.25, 0.3) is 10.9 Å². The van der Waals surface area contributed by atoms with Gasteiger partial charge in [-0.05, 0) is 67.1 Å². The number of anilines is 1. The first-order valence-corrected chi connectivity index (χ1v) is 13.5. The van der Waals surface area contributed by atoms with E-state index in [0.29, 0.717) is 28.4 Å². The van der Waals surface area contributed by atoms with Crippen molar-refractivity contribution in [2.75, 3.05) is 52.4 Å². The lowest BCUT2D eigenvalue weighted by Crippen LogP contribution is -2.49. The third-order valence-corrected chi connectivity index (χ3v) is 7.97. The number of ether oxygens (including phenoxy) is 3. The highest BCUT2D eigenvalue weighted by Crippen LogP contribution is 2.35. The Bertz CT molecular complexity index is 1520. The van der Waals surface area contributed by atoms with Gasteiger partial charge in [0, 0.05) is 48.9 Å². The average molecular weight is 548 g/mol. The maximum absolute atomic E-state index is 13.7. The molecule has 0 spiro atoms. The van der Waals surface area contributed by atoms with Crippen molar-refractivity contribution in [3.8, 4) is 17.2 Å². The minimum atomic E-state index is -0.444. The number of piperazine rings is 1. The zero-order chi connectivity index (χ0) is 28.4. The molecule has 1 fully saturated rings. The van der Waals surface area contributed by atoms with Gasteiger partial charge in [-0.1, -0.05) is 6.92 Å². The topological polar surface area (TPSA) is 111 Å². The van der Waals surface area contributed by atoms with E-state index < -0.39 is 6.04 Å². The molecule has 0 saturated carbocycles. The number of hydrogen-bond acceptors (Lipinski definition) is 9. The highest BCUT2D eigenvalue weighted by atomic mass is 16.5. The van der Waals surface area contributed by atoms with Crippen LogP contribution in [-0.4, -0.2) is 77.6 Å². The Kier molecular flexibility index (Phi) is 7.66. The van der Waals surface area contributed by atoms with Crippen LogP contribution in [0.4, 0.5) is 5.69 Å². The van der Waals surface area contributed by atoms with Crippen molar-refractivity contribution in [3.05, 3.63) is 64.2 Å². The van der Waals surface area contributed by atoms with Crippen molar-refractivity contribution in [2.45, 2.75) is 38.8 Å². The van der Waals surface area contributed by atoms with Crippen LogP contribution in [0, 0.1) is 0 Å². The Morgan fingerprint density at radius 3 is 2.25 bits per heavy atom. The van der Waals surface area contributed by atoms with Gasteiger partial charge in [0.2, 0.25) is 0 Å². The lowest BCUT2D eigenvalue weighted by molar-refractivity contribution is 0.186. The van der Waals surface area contributed by atoms with Crippen LogP contribution in [0.3, 0.4) is 0 Å². The summed E-state index contributed by atoms with van der Waals surface area (Å²) in [6.07, 6.45) is 0.827. The van der Waals surface area contributed by atoms with Crippen LogP contribution in [0.5, 0.6) is 17.2 Å². The van der Waals surface area contributed by atoms with Crippen molar-refractivity contribution in [2.24, 2.45) is 0 Å². The molecule has 1 atom stereocenters. The molecule has 0 unspecified atom stereocenters. The summed E-state index contributed by atoms with van der Waals surface area (Å²) < 4.78 is 18.2. The second kappa shape index (κ2) is 11.2. The highest BCUT2D eigenvalue weighted by Gasteiger charge is 2.35. The van der Waals surface area contributed by atoms with Crippen LogP contribution in [-0.2, 0) is 5.54 Å². The second-order valence-electron chi connectivity index (χ2n) is 10.6. The fraction of sp³-hybridized carbons (Fsp3) is 0.448. The molecule has 1 saturated heterocycles. The largest absolute Gasteiger partial charge is 0.497 e. The molecule has 1 aliphatic rings. The lowest BCUT2D eigenvalue weighted by atomic mass is 9.98. The number of nitrogens with zero attached hydrogens (tertiary/aromatic N) is 6. The van der Waals surface area contributed by atoms with Gasteiger partial charge < -0.3 is 24.1 Å². The zero-order valence-electron chi connectivity index (χ0n) is 24.0. The van der Waals surface area contributed by atoms with Gasteiger partial charge in [0.05, 0.1) is 32.4 Å². The predicted molar refractivity (Wildman–Crippen MR) is 154 cm³/mol. The number of aromatic nitrogens is 5. The van der Waals surface area contributed by atoms with Gasteiger partial charge in [-0.3, -0.25) is 9.69 Å². The molecule has 11 nitrogen and oxygen atoms in total. The number of methoxy groups -OCH3 is 3. The maximum atomic E-state index is 13.7. The first-order valence-electron chi connectivity index (χ1n) is 13.5. The first-order chi connectivity index (χ1) is 19.3. The SMILES string of the molecule is CCC(C)(C)n1nnnc1[C@@H](c1cc2cc(OC)c(OC)cc2[nH]c1=O)N1CCN(c2ccc(OC)cc2)CC1. The smallest absolute Gasteiger partial charge is 0.253 e. The summed E-state index contributed by atoms with van der Waals surface area (Å²) in [5, 5.41) is 13.8. The van der Waals surface area contributed by atoms with Crippen molar-refractivity contribution in [3.63, 3.8) is 0 Å². The predicted octanol–water partition coefficient (Wildman–Crippen LogP) is 3.60. The molecule has 11 heteroatoms. The van der Waals surface area contributed by atoms with Crippen LogP contribution < -0.4 is 24.7 Å². The summed E-state index contributed by atoms with van der Waals surface area (Å²) in [7, 11) is 4.85. The minimum absolute atomic E-state index is 0.189. The summed E-state index contributed by atoms with van der Waals surface area (Å²) in [4.78, 5) is 21.4. The second-order valence-corrected chi connectivity index (χ2v) is 10.6. The van der Waals surface area contributed by atoms with Crippen LogP contribution in [0.1, 0.15) is 44.6 Å². The Balaban J connectivity index is 1.56. The summed E-state index contributed by atoms with van der Waals surface area (Å²) in [6.45, 7) is 9.34. The third kappa shape index (κ3) is 5.08. The van der Waals surface area contributed by atoms with Crippen molar-refractivity contribution in [1.29, 1.82) is 0 Å². The van der Waals surface area contributed by atoms with E-state index in [1.54, 1.807) is 27.4 Å². The van der Waals surface area contributed by atoms with Crippen molar-refractivity contribution < 1.29 is 14.2 Å². The average Bonchev–Trinajstić information content (AvgIpc) is 3.48. The fourth-order valence-electron chi connectivity index (χ4n) is 5.23. The van der Waals surface area contributed by atoms with E-state index in [2.05, 4.69) is 63.2 Å². The van der Waals surface area contributed by atoms with Crippen LogP contribution in [0.15, 0.2) is 47.3 Å². The summed E-state index contributed by atoms with van der Waals surface area (Å²) >= 11 is 0. The van der Waals surface area contributed by atoms with Gasteiger partial charge in [0.1, 0.15) is 11.8 Å². The quantitative estimate of drug-likeness (QED) is 0.336. The first kappa shape index (κ1) is 27.4. The number of H-pyrrole nitrogens is 1. The molecule has 212 valence electrons. The molecule has 40 heavy (non-hydrogen) atoms. The summed E-state index contributed by atoms with van der Waals surface area (Å²) in [5.74, 6) is 2.63. The number of benzene rings is 2. The molecule has 1 N–H and O–H groups in total. The molecule has 0 radical (unpaired) electrons. The summed E-state index contributed by atoms with van der Waals surface area (Å²) in [6, 6.07) is 13.2. The Labute approximate surface area is 233 Å². The van der Waals surface area contributed by atoms with E-state index in [1.807, 2.05) is 28.9 Å². The Morgan fingerprint density at radius 2 is 1.62 bits per heavy atom. The van der Waals surface area contributed by atoms with Crippen LogP contribution >= 0.6 is 0 Å². The Hall–Kier alpha value is -4.12. The van der Waals surface area contributed by atoms with Gasteiger partial charge >= 0.3 is 0 Å². The van der Waals surface area contributed by atoms with Gasteiger partial charge in [-0.15, -0.1) is 5.10 Å². The fourth-order valence-corrected chi connectivity index (χ4v) is 5.23. The number of aromatic amines is 1. The number of rotatable bonds is 9. The molecular weight excluding hydrogens is 510 g/mol. The summed E-state index contributed by atoms with van der Waals surface area (Å²) in [5.41, 5.74) is 1.87. The standard InChI is InChI=1S/C29H37N7O4/c1-7-29(2,3)36-27(31-32-33-36)26(35-14-12-34(13-15-35)20-8-10-21(38-4)11-9-20)22-16-19-17-24(39-5)25(40-6)18-23(19)30-28(22)37/h8-11,16-18,26H,7,12-15H2,1-6H3,(H,30,37)/t26-/m1/s1. The monoisotopic (exact) mass is 547 g/mol.